The second-order valence-corrected chi connectivity index (χ2v) is 7.90. The van der Waals surface area contributed by atoms with Crippen molar-refractivity contribution in [1.29, 1.82) is 0 Å². The number of allylic oxidation sites excluding steroid dienone is 2. The molecule has 2 bridgehead atoms. The average Bonchev–Trinajstić information content (AvgIpc) is 2.67. The lowest BCUT2D eigenvalue weighted by atomic mass is 9.56. The van der Waals surface area contributed by atoms with Crippen molar-refractivity contribution in [2.75, 3.05) is 0 Å². The normalized spacial score (nSPS) is 52.4. The Hall–Kier alpha value is -0.590. The zero-order valence-corrected chi connectivity index (χ0v) is 12.4. The summed E-state index contributed by atoms with van der Waals surface area (Å²) in [6.07, 6.45) is 8.43. The summed E-state index contributed by atoms with van der Waals surface area (Å²) in [5.41, 5.74) is 0.392. The fourth-order valence-electron chi connectivity index (χ4n) is 5.75. The first-order valence-corrected chi connectivity index (χ1v) is 7.46. The summed E-state index contributed by atoms with van der Waals surface area (Å²) in [4.78, 5) is 12.2. The van der Waals surface area contributed by atoms with Gasteiger partial charge in [0.1, 0.15) is 5.78 Å². The smallest absolute Gasteiger partial charge is 0.140 e. The summed E-state index contributed by atoms with van der Waals surface area (Å²) in [6.45, 7) is 11.3. The van der Waals surface area contributed by atoms with Crippen LogP contribution in [0.5, 0.6) is 0 Å². The van der Waals surface area contributed by atoms with Crippen molar-refractivity contribution in [3.05, 3.63) is 12.2 Å². The van der Waals surface area contributed by atoms with Crippen molar-refractivity contribution in [1.82, 2.24) is 0 Å². The van der Waals surface area contributed by atoms with Gasteiger partial charge in [-0.05, 0) is 61.7 Å². The average molecular weight is 246 g/mol. The van der Waals surface area contributed by atoms with E-state index in [2.05, 4.69) is 39.8 Å². The Morgan fingerprint density at radius 3 is 2.56 bits per heavy atom. The molecule has 1 nitrogen and oxygen atoms in total. The van der Waals surface area contributed by atoms with Crippen LogP contribution in [0.2, 0.25) is 0 Å². The van der Waals surface area contributed by atoms with E-state index >= 15 is 0 Å². The van der Waals surface area contributed by atoms with Crippen LogP contribution in [0.25, 0.3) is 0 Å². The second kappa shape index (κ2) is 3.29. The zero-order chi connectivity index (χ0) is 13.3. The van der Waals surface area contributed by atoms with Gasteiger partial charge in [0.15, 0.2) is 0 Å². The van der Waals surface area contributed by atoms with Crippen molar-refractivity contribution in [2.45, 2.75) is 53.9 Å². The van der Waals surface area contributed by atoms with Crippen LogP contribution in [0.15, 0.2) is 12.2 Å². The first-order valence-electron chi connectivity index (χ1n) is 7.46. The molecular formula is C17H26O. The Bertz CT molecular complexity index is 433. The van der Waals surface area contributed by atoms with Gasteiger partial charge >= 0.3 is 0 Å². The van der Waals surface area contributed by atoms with Gasteiger partial charge in [0, 0.05) is 5.41 Å². The molecule has 5 atom stereocenters. The van der Waals surface area contributed by atoms with Crippen molar-refractivity contribution in [2.24, 2.45) is 34.0 Å². The summed E-state index contributed by atoms with van der Waals surface area (Å²) in [5.74, 6) is 2.59. The van der Waals surface area contributed by atoms with Gasteiger partial charge in [0.25, 0.3) is 0 Å². The van der Waals surface area contributed by atoms with Gasteiger partial charge in [-0.3, -0.25) is 4.79 Å². The van der Waals surface area contributed by atoms with E-state index in [4.69, 9.17) is 0 Å². The Balaban J connectivity index is 2.14. The predicted octanol–water partition coefficient (Wildman–Crippen LogP) is 4.23. The van der Waals surface area contributed by atoms with E-state index < -0.39 is 0 Å². The van der Waals surface area contributed by atoms with Crippen LogP contribution in [0.3, 0.4) is 0 Å². The predicted molar refractivity (Wildman–Crippen MR) is 74.1 cm³/mol. The fraction of sp³-hybridized carbons (Fsp3) is 0.824. The molecule has 0 radical (unpaired) electrons. The third-order valence-corrected chi connectivity index (χ3v) is 7.06. The molecule has 100 valence electrons. The molecule has 0 aromatic rings. The number of Topliss-reactive ketones (excluding diaryl/α,β-unsaturated/α-hetero) is 1. The minimum absolute atomic E-state index is 0.205. The Kier molecular flexibility index (Phi) is 2.28. The Morgan fingerprint density at radius 2 is 1.94 bits per heavy atom. The number of carbonyl (C=O) groups is 1. The highest BCUT2D eigenvalue weighted by molar-refractivity contribution is 5.86. The van der Waals surface area contributed by atoms with E-state index in [1.807, 2.05) is 0 Å². The molecule has 0 unspecified atom stereocenters. The number of hydrogen-bond donors (Lipinski definition) is 0. The van der Waals surface area contributed by atoms with Gasteiger partial charge in [0.05, 0.1) is 0 Å². The van der Waals surface area contributed by atoms with Gasteiger partial charge in [-0.15, -0.1) is 0 Å². The largest absolute Gasteiger partial charge is 0.299 e. The lowest BCUT2D eigenvalue weighted by Crippen LogP contribution is -2.44. The highest BCUT2D eigenvalue weighted by atomic mass is 16.1. The number of fused-ring (bicyclic) bond motifs is 1. The van der Waals surface area contributed by atoms with Gasteiger partial charge in [0.2, 0.25) is 0 Å². The van der Waals surface area contributed by atoms with Crippen molar-refractivity contribution in [3.63, 3.8) is 0 Å². The fourth-order valence-corrected chi connectivity index (χ4v) is 5.75. The number of ketones is 1. The van der Waals surface area contributed by atoms with Gasteiger partial charge in [-0.25, -0.2) is 0 Å². The van der Waals surface area contributed by atoms with Crippen LogP contribution >= 0.6 is 0 Å². The summed E-state index contributed by atoms with van der Waals surface area (Å²) < 4.78 is 0. The Labute approximate surface area is 111 Å². The van der Waals surface area contributed by atoms with Crippen LogP contribution in [0, 0.1) is 34.0 Å². The van der Waals surface area contributed by atoms with Crippen LogP contribution in [0.1, 0.15) is 53.9 Å². The maximum absolute atomic E-state index is 12.2. The molecule has 0 aromatic carbocycles. The number of carbonyl (C=O) groups excluding carboxylic acids is 1. The summed E-state index contributed by atoms with van der Waals surface area (Å²) in [7, 11) is 0. The molecule has 3 aliphatic rings. The van der Waals surface area contributed by atoms with E-state index in [1.165, 1.54) is 19.3 Å². The van der Waals surface area contributed by atoms with Crippen molar-refractivity contribution in [3.8, 4) is 0 Å². The Morgan fingerprint density at radius 1 is 1.28 bits per heavy atom. The standard InChI is InChI=1S/C17H26O/c1-11-6-9-17-10-13(11)15(3,4)14(17)7-8-16(17,5)12(2)18/h7-8,11,13-14H,6,9-10H2,1-5H3/t11-,13+,14+,16-,17-/m1/s1. The van der Waals surface area contributed by atoms with Crippen LogP contribution in [0.4, 0.5) is 0 Å². The van der Waals surface area contributed by atoms with Gasteiger partial charge in [-0.2, -0.15) is 0 Å². The topological polar surface area (TPSA) is 17.1 Å². The summed E-state index contributed by atoms with van der Waals surface area (Å²) >= 11 is 0. The van der Waals surface area contributed by atoms with Crippen LogP contribution in [-0.2, 0) is 4.79 Å². The van der Waals surface area contributed by atoms with Crippen molar-refractivity contribution < 1.29 is 4.79 Å². The first kappa shape index (κ1) is 12.4. The van der Waals surface area contributed by atoms with E-state index in [-0.39, 0.29) is 10.8 Å². The quantitative estimate of drug-likeness (QED) is 0.633. The highest BCUT2D eigenvalue weighted by Crippen LogP contribution is 2.73. The molecular weight excluding hydrogens is 220 g/mol. The minimum Gasteiger partial charge on any atom is -0.299 e. The summed E-state index contributed by atoms with van der Waals surface area (Å²) in [6, 6.07) is 0. The van der Waals surface area contributed by atoms with Gasteiger partial charge < -0.3 is 0 Å². The van der Waals surface area contributed by atoms with Crippen LogP contribution < -0.4 is 0 Å². The van der Waals surface area contributed by atoms with Gasteiger partial charge in [-0.1, -0.05) is 32.9 Å². The molecule has 0 amide bonds. The zero-order valence-electron chi connectivity index (χ0n) is 12.4. The van der Waals surface area contributed by atoms with Crippen molar-refractivity contribution >= 4 is 5.78 Å². The summed E-state index contributed by atoms with van der Waals surface area (Å²) in [5, 5.41) is 0. The molecule has 0 N–H and O–H groups in total. The molecule has 18 heavy (non-hydrogen) atoms. The lowest BCUT2D eigenvalue weighted by Gasteiger charge is -2.46. The third kappa shape index (κ3) is 1.12. The van der Waals surface area contributed by atoms with E-state index in [9.17, 15) is 4.79 Å². The first-order chi connectivity index (χ1) is 8.26. The number of rotatable bonds is 1. The van der Waals surface area contributed by atoms with Crippen LogP contribution in [-0.4, -0.2) is 5.78 Å². The molecule has 0 heterocycles. The van der Waals surface area contributed by atoms with E-state index in [1.54, 1.807) is 6.92 Å². The number of hydrogen-bond acceptors (Lipinski definition) is 1. The third-order valence-electron chi connectivity index (χ3n) is 7.06. The molecule has 0 saturated heterocycles. The molecule has 0 aliphatic heterocycles. The van der Waals surface area contributed by atoms with E-state index in [0.717, 1.165) is 11.8 Å². The maximum Gasteiger partial charge on any atom is 0.140 e. The molecule has 1 heteroatoms. The molecule has 2 saturated carbocycles. The maximum atomic E-state index is 12.2. The lowest BCUT2D eigenvalue weighted by molar-refractivity contribution is -0.131. The molecule has 0 aromatic heterocycles. The molecule has 3 aliphatic carbocycles. The molecule has 2 fully saturated rings. The monoisotopic (exact) mass is 246 g/mol. The van der Waals surface area contributed by atoms with E-state index in [0.29, 0.717) is 17.1 Å². The minimum atomic E-state index is -0.205. The molecule has 1 spiro atoms. The highest BCUT2D eigenvalue weighted by Gasteiger charge is 2.68. The second-order valence-electron chi connectivity index (χ2n) is 7.90. The molecule has 3 rings (SSSR count). The SMILES string of the molecule is CC(=O)[C@@]1(C)C=C[C@H]2C(C)(C)[C@H]3C[C@]21CC[C@H]3C.